The molecule has 1 N–H and O–H groups in total. The zero-order valence-electron chi connectivity index (χ0n) is 18.5. The van der Waals surface area contributed by atoms with E-state index in [9.17, 15) is 14.4 Å². The number of hydrogen-bond acceptors (Lipinski definition) is 6. The average molecular weight is 464 g/mol. The highest BCUT2D eigenvalue weighted by Crippen LogP contribution is 2.40. The van der Waals surface area contributed by atoms with Crippen molar-refractivity contribution in [1.82, 2.24) is 10.1 Å². The van der Waals surface area contributed by atoms with Crippen molar-refractivity contribution in [3.8, 4) is 17.0 Å². The van der Waals surface area contributed by atoms with Crippen molar-refractivity contribution in [1.29, 1.82) is 0 Å². The van der Waals surface area contributed by atoms with Gasteiger partial charge in [-0.05, 0) is 35.4 Å². The fourth-order valence-electron chi connectivity index (χ4n) is 3.96. The van der Waals surface area contributed by atoms with Gasteiger partial charge in [-0.15, -0.1) is 6.58 Å². The zero-order chi connectivity index (χ0) is 23.7. The first kappa shape index (κ1) is 22.5. The number of nitrogens with one attached hydrogen (secondary N) is 1. The lowest BCUT2D eigenvalue weighted by atomic mass is 9.99. The summed E-state index contributed by atoms with van der Waals surface area (Å²) in [5, 5.41) is 5.08. The molecule has 1 aliphatic rings. The fourth-order valence-corrected chi connectivity index (χ4v) is 4.54. The minimum absolute atomic E-state index is 0.247. The van der Waals surface area contributed by atoms with Crippen LogP contribution < -0.4 is 19.9 Å². The van der Waals surface area contributed by atoms with Gasteiger partial charge in [-0.2, -0.15) is 0 Å². The summed E-state index contributed by atoms with van der Waals surface area (Å²) in [6, 6.07) is 12.6. The van der Waals surface area contributed by atoms with Crippen molar-refractivity contribution in [2.45, 2.75) is 32.1 Å². The van der Waals surface area contributed by atoms with E-state index in [4.69, 9.17) is 9.84 Å². The first-order valence-electron chi connectivity index (χ1n) is 10.3. The van der Waals surface area contributed by atoms with Crippen molar-refractivity contribution in [2.75, 3.05) is 10.7 Å². The topological polar surface area (TPSA) is 96.2 Å². The Morgan fingerprint density at radius 3 is 2.70 bits per heavy atom. The van der Waals surface area contributed by atoms with E-state index >= 15 is 0 Å². The van der Waals surface area contributed by atoms with Gasteiger partial charge in [0, 0.05) is 24.7 Å². The van der Waals surface area contributed by atoms with Gasteiger partial charge < -0.3 is 4.74 Å². The average Bonchev–Trinajstić information content (AvgIpc) is 2.77. The number of aromatic amines is 1. The van der Waals surface area contributed by atoms with Crippen molar-refractivity contribution in [3.63, 3.8) is 0 Å². The highest BCUT2D eigenvalue weighted by molar-refractivity contribution is 7.99. The summed E-state index contributed by atoms with van der Waals surface area (Å²) in [6.07, 6.45) is 0.870. The lowest BCUT2D eigenvalue weighted by Gasteiger charge is -2.32. The maximum atomic E-state index is 13.2. The Kier molecular flexibility index (Phi) is 6.15. The molecule has 168 valence electrons. The van der Waals surface area contributed by atoms with E-state index in [-0.39, 0.29) is 11.5 Å². The number of aryl methyl sites for hydroxylation is 1. The number of para-hydroxylation sites is 2. The predicted octanol–water partition coefficient (Wildman–Crippen LogP) is 3.15. The molecular formula is C24H23N4O4S+. The standard InChI is InChI=1S/C24H22N4O4S/c1-5-13-33-24-25-22(31)20-17-10-6-7-12-19(17)27(15(3)29)23(28(20)26-24)18-11-8-9-14(2)21(18)32-16(4)30/h5-12,23H,1,13H2,2-4H3/p+1/t23-/m0/s1. The number of amides is 1. The summed E-state index contributed by atoms with van der Waals surface area (Å²) in [5.74, 6) is 0.149. The van der Waals surface area contributed by atoms with E-state index in [1.54, 1.807) is 41.3 Å². The molecule has 1 atom stereocenters. The number of anilines is 1. The second-order valence-corrected chi connectivity index (χ2v) is 8.53. The number of nitrogens with zero attached hydrogens (tertiary/aromatic N) is 3. The summed E-state index contributed by atoms with van der Waals surface area (Å²) < 4.78 is 7.10. The maximum absolute atomic E-state index is 13.2. The molecule has 0 fully saturated rings. The van der Waals surface area contributed by atoms with E-state index < -0.39 is 12.1 Å². The Morgan fingerprint density at radius 1 is 1.24 bits per heavy atom. The molecule has 9 heteroatoms. The SMILES string of the molecule is C=CCSc1n[n+]2c(c(=O)[nH]1)-c1ccccc1N(C(C)=O)[C@@H]2c1cccc(C)c1OC(C)=O. The zero-order valence-corrected chi connectivity index (χ0v) is 19.3. The van der Waals surface area contributed by atoms with Crippen LogP contribution >= 0.6 is 11.8 Å². The highest BCUT2D eigenvalue weighted by Gasteiger charge is 2.46. The molecule has 1 aromatic heterocycles. The first-order chi connectivity index (χ1) is 15.8. The van der Waals surface area contributed by atoms with Crippen LogP contribution in [0.25, 0.3) is 11.3 Å². The van der Waals surface area contributed by atoms with Gasteiger partial charge in [0.2, 0.25) is 11.1 Å². The molecule has 0 saturated carbocycles. The quantitative estimate of drug-likeness (QED) is 0.205. The van der Waals surface area contributed by atoms with Gasteiger partial charge in [-0.1, -0.05) is 42.1 Å². The van der Waals surface area contributed by atoms with Crippen LogP contribution in [0, 0.1) is 6.92 Å². The van der Waals surface area contributed by atoms with Crippen LogP contribution in [0.5, 0.6) is 5.75 Å². The number of ether oxygens (including phenoxy) is 1. The van der Waals surface area contributed by atoms with Crippen molar-refractivity contribution in [2.24, 2.45) is 0 Å². The van der Waals surface area contributed by atoms with Crippen LogP contribution in [0.4, 0.5) is 5.69 Å². The molecule has 0 radical (unpaired) electrons. The lowest BCUT2D eigenvalue weighted by molar-refractivity contribution is -0.763. The summed E-state index contributed by atoms with van der Waals surface area (Å²) in [7, 11) is 0. The van der Waals surface area contributed by atoms with Crippen molar-refractivity contribution < 1.29 is 19.0 Å². The van der Waals surface area contributed by atoms with Crippen LogP contribution in [0.1, 0.15) is 31.1 Å². The molecule has 1 amide bonds. The van der Waals surface area contributed by atoms with Crippen LogP contribution in [0.2, 0.25) is 0 Å². The summed E-state index contributed by atoms with van der Waals surface area (Å²) >= 11 is 1.32. The Morgan fingerprint density at radius 2 is 2.00 bits per heavy atom. The molecule has 0 saturated heterocycles. The largest absolute Gasteiger partial charge is 0.426 e. The Balaban J connectivity index is 2.08. The number of carbonyl (C=O) groups excluding carboxylic acids is 2. The normalized spacial score (nSPS) is 14.3. The highest BCUT2D eigenvalue weighted by atomic mass is 32.2. The molecule has 0 unspecified atom stereocenters. The number of thioether (sulfide) groups is 1. The number of rotatable bonds is 5. The molecule has 1 aliphatic heterocycles. The lowest BCUT2D eigenvalue weighted by Crippen LogP contribution is -2.60. The van der Waals surface area contributed by atoms with Gasteiger partial charge in [-0.3, -0.25) is 19.4 Å². The molecule has 4 rings (SSSR count). The van der Waals surface area contributed by atoms with Gasteiger partial charge in [0.05, 0.1) is 16.8 Å². The number of esters is 1. The van der Waals surface area contributed by atoms with Crippen molar-refractivity contribution in [3.05, 3.63) is 76.6 Å². The molecule has 0 bridgehead atoms. The minimum atomic E-state index is -0.841. The second-order valence-electron chi connectivity index (χ2n) is 7.52. The van der Waals surface area contributed by atoms with E-state index in [2.05, 4.69) is 11.6 Å². The molecule has 3 aromatic rings. The summed E-state index contributed by atoms with van der Waals surface area (Å²) in [6.45, 7) is 8.31. The molecule has 2 aromatic carbocycles. The Bertz CT molecular complexity index is 1330. The van der Waals surface area contributed by atoms with Crippen LogP contribution in [0.3, 0.4) is 0 Å². The second kappa shape index (κ2) is 9.03. The third kappa shape index (κ3) is 4.07. The number of H-pyrrole nitrogens is 1. The Hall–Kier alpha value is -3.72. The summed E-state index contributed by atoms with van der Waals surface area (Å²) in [4.78, 5) is 42.5. The van der Waals surface area contributed by atoms with Gasteiger partial charge in [0.15, 0.2) is 0 Å². The molecule has 8 nitrogen and oxygen atoms in total. The maximum Gasteiger partial charge on any atom is 0.325 e. The van der Waals surface area contributed by atoms with E-state index in [0.29, 0.717) is 39.2 Å². The van der Waals surface area contributed by atoms with Gasteiger partial charge in [0.25, 0.3) is 6.17 Å². The van der Waals surface area contributed by atoms with E-state index in [1.165, 1.54) is 30.3 Å². The molecule has 0 aliphatic carbocycles. The van der Waals surface area contributed by atoms with Gasteiger partial charge in [0.1, 0.15) is 5.75 Å². The number of aromatic nitrogens is 3. The first-order valence-corrected chi connectivity index (χ1v) is 11.3. The molecular weight excluding hydrogens is 440 g/mol. The summed E-state index contributed by atoms with van der Waals surface area (Å²) in [5.41, 5.74) is 2.39. The molecule has 33 heavy (non-hydrogen) atoms. The minimum Gasteiger partial charge on any atom is -0.426 e. The fraction of sp³-hybridized carbons (Fsp3) is 0.208. The van der Waals surface area contributed by atoms with Gasteiger partial charge in [-0.25, -0.2) is 4.90 Å². The molecule has 2 heterocycles. The number of benzene rings is 2. The predicted molar refractivity (Wildman–Crippen MR) is 125 cm³/mol. The van der Waals surface area contributed by atoms with Crippen LogP contribution in [-0.4, -0.2) is 27.7 Å². The van der Waals surface area contributed by atoms with Crippen molar-refractivity contribution >= 4 is 29.3 Å². The third-order valence-electron chi connectivity index (χ3n) is 5.20. The monoisotopic (exact) mass is 463 g/mol. The van der Waals surface area contributed by atoms with E-state index in [0.717, 1.165) is 5.56 Å². The number of hydrogen-bond donors (Lipinski definition) is 1. The number of carbonyl (C=O) groups is 2. The van der Waals surface area contributed by atoms with E-state index in [1.807, 2.05) is 19.1 Å². The van der Waals surface area contributed by atoms with Crippen LogP contribution in [-0.2, 0) is 9.59 Å². The van der Waals surface area contributed by atoms with Gasteiger partial charge >= 0.3 is 17.2 Å². The smallest absolute Gasteiger partial charge is 0.325 e. The van der Waals surface area contributed by atoms with Crippen LogP contribution in [0.15, 0.2) is 65.1 Å². The third-order valence-corrected chi connectivity index (χ3v) is 6.06. The number of fused-ring (bicyclic) bond motifs is 3. The molecule has 0 spiro atoms. The Labute approximate surface area is 194 Å².